The number of unbranched alkanes of at least 4 members (excludes halogenated alkanes) is 15. The van der Waals surface area contributed by atoms with E-state index in [0.29, 0.717) is 6.54 Å². The molecule has 3 N–H and O–H groups in total. The van der Waals surface area contributed by atoms with E-state index in [0.717, 1.165) is 19.3 Å². The van der Waals surface area contributed by atoms with Crippen LogP contribution >= 0.6 is 0 Å². The Bertz CT molecular complexity index is 324. The quantitative estimate of drug-likeness (QED) is 0.0993. The normalized spacial score (nSPS) is 12.0. The van der Waals surface area contributed by atoms with Crippen molar-refractivity contribution in [1.82, 2.24) is 0 Å². The first kappa shape index (κ1) is 30.7. The second-order valence-electron chi connectivity index (χ2n) is 8.31. The lowest BCUT2D eigenvalue weighted by atomic mass is 10.0. The Hall–Kier alpha value is -0.280. The Kier molecular flexibility index (Phi) is 24.1. The summed E-state index contributed by atoms with van der Waals surface area (Å²) in [5.74, 6) is 0. The molecule has 0 aromatic rings. The van der Waals surface area contributed by atoms with Crippen molar-refractivity contribution in [3.8, 4) is 0 Å². The van der Waals surface area contributed by atoms with Crippen LogP contribution in [0.25, 0.3) is 0 Å². The van der Waals surface area contributed by atoms with Crippen LogP contribution in [0.4, 0.5) is 0 Å². The predicted molar refractivity (Wildman–Crippen MR) is 124 cm³/mol. The molecule has 0 aliphatic carbocycles. The summed E-state index contributed by atoms with van der Waals surface area (Å²) in [6, 6.07) is 0. The van der Waals surface area contributed by atoms with Crippen LogP contribution < -0.4 is 0 Å². The highest BCUT2D eigenvalue weighted by Gasteiger charge is 2.34. The fourth-order valence-electron chi connectivity index (χ4n) is 3.70. The predicted octanol–water partition coefficient (Wildman–Crippen LogP) is 4.84. The van der Waals surface area contributed by atoms with E-state index in [2.05, 4.69) is 6.92 Å². The molecule has 7 nitrogen and oxygen atoms in total. The Balaban J connectivity index is 3.71. The number of nitrogens with zero attached hydrogens (tertiary/aromatic N) is 1. The molecule has 0 saturated carbocycles. The van der Waals surface area contributed by atoms with Gasteiger partial charge in [0.2, 0.25) is 0 Å². The van der Waals surface area contributed by atoms with E-state index in [1.807, 2.05) is 0 Å². The SMILES string of the molecule is CCCCCCCCCCCCCCCCCC[N+](OCCO)(OCCO)OCCO. The first-order valence-electron chi connectivity index (χ1n) is 12.9. The summed E-state index contributed by atoms with van der Waals surface area (Å²) in [6.07, 6.45) is 20.8. The van der Waals surface area contributed by atoms with E-state index in [4.69, 9.17) is 29.8 Å². The summed E-state index contributed by atoms with van der Waals surface area (Å²) >= 11 is 0. The molecule has 0 saturated heterocycles. The summed E-state index contributed by atoms with van der Waals surface area (Å²) in [5, 5.41) is 27.1. The van der Waals surface area contributed by atoms with Crippen LogP contribution in [0.5, 0.6) is 0 Å². The second kappa shape index (κ2) is 24.4. The maximum absolute atomic E-state index is 9.05. The monoisotopic (exact) mass is 450 g/mol. The second-order valence-corrected chi connectivity index (χ2v) is 8.31. The van der Waals surface area contributed by atoms with Gasteiger partial charge in [-0.15, -0.1) is 14.5 Å². The van der Waals surface area contributed by atoms with Gasteiger partial charge in [-0.3, -0.25) is 0 Å². The van der Waals surface area contributed by atoms with Gasteiger partial charge in [-0.25, -0.2) is 0 Å². The van der Waals surface area contributed by atoms with Gasteiger partial charge in [0.1, 0.15) is 19.8 Å². The average molecular weight is 451 g/mol. The van der Waals surface area contributed by atoms with Crippen molar-refractivity contribution in [2.45, 2.75) is 110 Å². The van der Waals surface area contributed by atoms with Crippen LogP contribution in [0.15, 0.2) is 0 Å². The fourth-order valence-corrected chi connectivity index (χ4v) is 3.70. The van der Waals surface area contributed by atoms with Crippen LogP contribution in [0, 0.1) is 0 Å². The molecule has 188 valence electrons. The van der Waals surface area contributed by atoms with Crippen LogP contribution in [0.2, 0.25) is 0 Å². The molecule has 0 rings (SSSR count). The van der Waals surface area contributed by atoms with Crippen molar-refractivity contribution in [2.24, 2.45) is 0 Å². The van der Waals surface area contributed by atoms with Crippen molar-refractivity contribution in [3.05, 3.63) is 0 Å². The average Bonchev–Trinajstić information content (AvgIpc) is 2.79. The van der Waals surface area contributed by atoms with Crippen LogP contribution in [0.3, 0.4) is 0 Å². The molecular weight excluding hydrogens is 398 g/mol. The molecule has 0 aromatic carbocycles. The standard InChI is InChI=1S/C24H52NO6/c1-2-3-4-5-6-7-8-9-10-11-12-13-14-15-16-17-18-25(29-22-19-26,30-23-20-27)31-24-21-28/h26-28H,2-24H2,1H3/q+1. The van der Waals surface area contributed by atoms with Gasteiger partial charge < -0.3 is 15.3 Å². The van der Waals surface area contributed by atoms with Crippen molar-refractivity contribution in [2.75, 3.05) is 46.2 Å². The van der Waals surface area contributed by atoms with Crippen LogP contribution in [-0.4, -0.2) is 66.5 Å². The number of rotatable bonds is 26. The Morgan fingerprint density at radius 1 is 0.452 bits per heavy atom. The number of hydrogen-bond acceptors (Lipinski definition) is 6. The topological polar surface area (TPSA) is 88.4 Å². The van der Waals surface area contributed by atoms with E-state index in [9.17, 15) is 0 Å². The number of quaternary nitrogens is 1. The zero-order valence-electron chi connectivity index (χ0n) is 20.3. The molecule has 0 heterocycles. The third-order valence-electron chi connectivity index (χ3n) is 5.42. The highest BCUT2D eigenvalue weighted by Crippen LogP contribution is 2.17. The number of hydroxylamine groups is 3. The molecule has 31 heavy (non-hydrogen) atoms. The fraction of sp³-hybridized carbons (Fsp3) is 1.00. The van der Waals surface area contributed by atoms with E-state index < -0.39 is 4.97 Å². The lowest BCUT2D eigenvalue weighted by Crippen LogP contribution is -2.50. The Morgan fingerprint density at radius 2 is 0.742 bits per heavy atom. The minimum absolute atomic E-state index is 0.0652. The van der Waals surface area contributed by atoms with Crippen molar-refractivity contribution >= 4 is 0 Å². The van der Waals surface area contributed by atoms with Gasteiger partial charge in [-0.05, 0) is 6.42 Å². The van der Waals surface area contributed by atoms with Crippen molar-refractivity contribution in [3.63, 3.8) is 0 Å². The molecule has 0 aromatic heterocycles. The lowest BCUT2D eigenvalue weighted by molar-refractivity contribution is -1.37. The number of aliphatic hydroxyl groups excluding tert-OH is 3. The van der Waals surface area contributed by atoms with E-state index >= 15 is 0 Å². The van der Waals surface area contributed by atoms with E-state index in [-0.39, 0.29) is 39.6 Å². The maximum atomic E-state index is 9.05. The van der Waals surface area contributed by atoms with Gasteiger partial charge in [0.25, 0.3) is 0 Å². The third-order valence-corrected chi connectivity index (χ3v) is 5.42. The maximum Gasteiger partial charge on any atom is 0.178 e. The van der Waals surface area contributed by atoms with Crippen molar-refractivity contribution in [1.29, 1.82) is 0 Å². The zero-order valence-corrected chi connectivity index (χ0v) is 20.3. The number of hydrogen-bond donors (Lipinski definition) is 3. The molecule has 0 amide bonds. The van der Waals surface area contributed by atoms with Gasteiger partial charge in [-0.2, -0.15) is 0 Å². The number of aliphatic hydroxyl groups is 3. The minimum atomic E-state index is -0.541. The van der Waals surface area contributed by atoms with Gasteiger partial charge in [0.05, 0.1) is 24.8 Å². The first-order chi connectivity index (χ1) is 15.2. The van der Waals surface area contributed by atoms with E-state index in [1.165, 1.54) is 83.5 Å². The molecule has 0 unspecified atom stereocenters. The smallest absolute Gasteiger partial charge is 0.178 e. The van der Waals surface area contributed by atoms with E-state index in [1.54, 1.807) is 0 Å². The summed E-state index contributed by atoms with van der Waals surface area (Å²) < 4.78 is 0. The Morgan fingerprint density at radius 3 is 1.03 bits per heavy atom. The molecule has 0 aliphatic rings. The summed E-state index contributed by atoms with van der Waals surface area (Å²) in [7, 11) is 0. The minimum Gasteiger partial charge on any atom is -0.394 e. The molecule has 0 fully saturated rings. The lowest BCUT2D eigenvalue weighted by Gasteiger charge is -2.29. The molecule has 0 aliphatic heterocycles. The van der Waals surface area contributed by atoms with Crippen LogP contribution in [0.1, 0.15) is 110 Å². The molecular formula is C24H52NO6+. The largest absolute Gasteiger partial charge is 0.394 e. The van der Waals surface area contributed by atoms with Gasteiger partial charge in [0.15, 0.2) is 6.54 Å². The first-order valence-corrected chi connectivity index (χ1v) is 12.9. The molecule has 0 bridgehead atoms. The molecule has 7 heteroatoms. The van der Waals surface area contributed by atoms with Gasteiger partial charge in [0, 0.05) is 6.42 Å². The van der Waals surface area contributed by atoms with Gasteiger partial charge >= 0.3 is 0 Å². The zero-order chi connectivity index (χ0) is 22.9. The van der Waals surface area contributed by atoms with Crippen LogP contribution in [-0.2, 0) is 14.5 Å². The van der Waals surface area contributed by atoms with Crippen molar-refractivity contribution < 1.29 is 34.8 Å². The summed E-state index contributed by atoms with van der Waals surface area (Å²) in [6.45, 7) is 2.48. The summed E-state index contributed by atoms with van der Waals surface area (Å²) in [5.41, 5.74) is 0. The third kappa shape index (κ3) is 20.1. The molecule has 0 radical (unpaired) electrons. The highest BCUT2D eigenvalue weighted by atomic mass is 17.2. The molecule has 0 spiro atoms. The highest BCUT2D eigenvalue weighted by molar-refractivity contribution is 4.49. The molecule has 0 atom stereocenters. The Labute approximate surface area is 191 Å². The van der Waals surface area contributed by atoms with Gasteiger partial charge in [-0.1, -0.05) is 96.8 Å². The summed E-state index contributed by atoms with van der Waals surface area (Å²) in [4.78, 5) is 16.0.